The Balaban J connectivity index is 3.47. The molecule has 0 bridgehead atoms. The molecule has 2 N–H and O–H groups in total. The Morgan fingerprint density at radius 3 is 1.86 bits per heavy atom. The quantitative estimate of drug-likeness (QED) is 0.112. The third-order valence-electron chi connectivity index (χ3n) is 5.05. The zero-order valence-electron chi connectivity index (χ0n) is 18.9. The molecule has 0 fully saturated rings. The topological polar surface area (TPSA) is 77.0 Å². The Bertz CT molecular complexity index is 336. The Morgan fingerprint density at radius 2 is 1.38 bits per heavy atom. The molecule has 6 nitrogen and oxygen atoms in total. The number of rotatable bonds is 24. The molecule has 0 rings (SSSR count). The van der Waals surface area contributed by atoms with Crippen LogP contribution in [0.15, 0.2) is 0 Å². The molecular formula is C22H46NO5P. The first-order chi connectivity index (χ1) is 14.2. The van der Waals surface area contributed by atoms with Gasteiger partial charge in [-0.15, -0.1) is 0 Å². The number of likely N-dealkylation sites (N-methyl/N-ethyl adjacent to an activating group) is 1. The van der Waals surface area contributed by atoms with Crippen molar-refractivity contribution in [1.29, 1.82) is 0 Å². The number of carbonyl (C=O) groups excluding carboxylic acids is 1. The molecule has 0 spiro atoms. The molecule has 0 aliphatic heterocycles. The summed E-state index contributed by atoms with van der Waals surface area (Å²) in [5.41, 5.74) is 0. The smallest absolute Gasteiger partial charge is 0.330 e. The number of ether oxygens (including phenoxy) is 1. The SMILES string of the molecule is CCCCCCCCCCCCCCCCC(COP(O)OCCNC)OC=O. The zero-order chi connectivity index (χ0) is 21.4. The number of nitrogens with one attached hydrogen (secondary N) is 1. The lowest BCUT2D eigenvalue weighted by atomic mass is 10.0. The summed E-state index contributed by atoms with van der Waals surface area (Å²) in [6, 6.07) is 0. The Morgan fingerprint density at radius 1 is 0.862 bits per heavy atom. The van der Waals surface area contributed by atoms with Crippen LogP contribution in [0.3, 0.4) is 0 Å². The van der Waals surface area contributed by atoms with Crippen LogP contribution < -0.4 is 5.32 Å². The average Bonchev–Trinajstić information content (AvgIpc) is 2.72. The summed E-state index contributed by atoms with van der Waals surface area (Å²) >= 11 is 0. The van der Waals surface area contributed by atoms with Crippen molar-refractivity contribution in [3.05, 3.63) is 0 Å². The van der Waals surface area contributed by atoms with E-state index in [1.165, 1.54) is 77.0 Å². The third-order valence-corrected chi connectivity index (χ3v) is 5.83. The van der Waals surface area contributed by atoms with Crippen LogP contribution in [0.4, 0.5) is 0 Å². The van der Waals surface area contributed by atoms with Crippen LogP contribution >= 0.6 is 8.60 Å². The van der Waals surface area contributed by atoms with Crippen molar-refractivity contribution in [1.82, 2.24) is 5.32 Å². The van der Waals surface area contributed by atoms with Crippen LogP contribution in [-0.4, -0.2) is 44.3 Å². The van der Waals surface area contributed by atoms with Gasteiger partial charge in [-0.05, 0) is 19.9 Å². The van der Waals surface area contributed by atoms with Crippen LogP contribution in [0.5, 0.6) is 0 Å². The molecule has 2 atom stereocenters. The first kappa shape index (κ1) is 28.7. The minimum atomic E-state index is -1.91. The standard InChI is InChI=1S/C22H46NO5P/c1-3-4-5-6-7-8-9-10-11-12-13-14-15-16-17-22(26-21-24)20-28-29(25)27-19-18-23-2/h21-23,25H,3-20H2,1-2H3. The molecule has 0 aromatic heterocycles. The number of hydrogen-bond acceptors (Lipinski definition) is 6. The molecule has 2 unspecified atom stereocenters. The lowest BCUT2D eigenvalue weighted by Crippen LogP contribution is -2.19. The predicted molar refractivity (Wildman–Crippen MR) is 121 cm³/mol. The zero-order valence-corrected chi connectivity index (χ0v) is 19.8. The fraction of sp³-hybridized carbons (Fsp3) is 0.955. The molecule has 0 saturated heterocycles. The number of unbranched alkanes of at least 4 members (excludes halogenated alkanes) is 13. The van der Waals surface area contributed by atoms with Crippen LogP contribution in [0.2, 0.25) is 0 Å². The van der Waals surface area contributed by atoms with E-state index in [0.717, 1.165) is 19.3 Å². The maximum Gasteiger partial charge on any atom is 0.330 e. The summed E-state index contributed by atoms with van der Waals surface area (Å²) in [6.45, 7) is 3.94. The van der Waals surface area contributed by atoms with E-state index in [0.29, 0.717) is 19.6 Å². The number of carbonyl (C=O) groups is 1. The van der Waals surface area contributed by atoms with Gasteiger partial charge in [0.25, 0.3) is 6.47 Å². The van der Waals surface area contributed by atoms with Crippen molar-refractivity contribution in [2.45, 2.75) is 109 Å². The lowest BCUT2D eigenvalue weighted by Gasteiger charge is -2.17. The highest BCUT2D eigenvalue weighted by Crippen LogP contribution is 2.32. The molecule has 0 radical (unpaired) electrons. The molecule has 0 aromatic rings. The second-order valence-electron chi connectivity index (χ2n) is 7.71. The van der Waals surface area contributed by atoms with Crippen molar-refractivity contribution in [3.8, 4) is 0 Å². The van der Waals surface area contributed by atoms with Gasteiger partial charge in [0.15, 0.2) is 0 Å². The first-order valence-electron chi connectivity index (χ1n) is 11.7. The van der Waals surface area contributed by atoms with E-state index in [1.807, 2.05) is 7.05 Å². The highest BCUT2D eigenvalue weighted by atomic mass is 31.2. The molecular weight excluding hydrogens is 389 g/mol. The van der Waals surface area contributed by atoms with Gasteiger partial charge in [0.05, 0.1) is 13.2 Å². The van der Waals surface area contributed by atoms with E-state index >= 15 is 0 Å². The van der Waals surface area contributed by atoms with Gasteiger partial charge in [0.1, 0.15) is 6.10 Å². The van der Waals surface area contributed by atoms with E-state index in [2.05, 4.69) is 12.2 Å². The molecule has 174 valence electrons. The molecule has 7 heteroatoms. The van der Waals surface area contributed by atoms with E-state index in [1.54, 1.807) is 0 Å². The van der Waals surface area contributed by atoms with Gasteiger partial charge < -0.3 is 24.0 Å². The summed E-state index contributed by atoms with van der Waals surface area (Å²) in [5.74, 6) is 0. The summed E-state index contributed by atoms with van der Waals surface area (Å²) in [6.07, 6.45) is 18.9. The summed E-state index contributed by atoms with van der Waals surface area (Å²) < 4.78 is 15.4. The molecule has 0 aliphatic carbocycles. The molecule has 29 heavy (non-hydrogen) atoms. The maximum atomic E-state index is 10.6. The second kappa shape index (κ2) is 24.0. The summed E-state index contributed by atoms with van der Waals surface area (Å²) in [7, 11) is -0.0953. The molecule has 0 aliphatic rings. The van der Waals surface area contributed by atoms with Gasteiger partial charge in [-0.3, -0.25) is 4.79 Å². The third kappa shape index (κ3) is 22.3. The van der Waals surface area contributed by atoms with E-state index in [-0.39, 0.29) is 12.7 Å². The van der Waals surface area contributed by atoms with E-state index in [9.17, 15) is 9.69 Å². The van der Waals surface area contributed by atoms with Crippen molar-refractivity contribution in [3.63, 3.8) is 0 Å². The van der Waals surface area contributed by atoms with E-state index in [4.69, 9.17) is 13.8 Å². The highest BCUT2D eigenvalue weighted by molar-refractivity contribution is 7.40. The highest BCUT2D eigenvalue weighted by Gasteiger charge is 2.14. The van der Waals surface area contributed by atoms with Crippen molar-refractivity contribution >= 4 is 15.1 Å². The van der Waals surface area contributed by atoms with Crippen LogP contribution in [0.1, 0.15) is 103 Å². The van der Waals surface area contributed by atoms with Crippen molar-refractivity contribution in [2.75, 3.05) is 26.8 Å². The van der Waals surface area contributed by atoms with E-state index < -0.39 is 8.60 Å². The van der Waals surface area contributed by atoms with Gasteiger partial charge in [-0.1, -0.05) is 90.4 Å². The Kier molecular flexibility index (Phi) is 23.8. The predicted octanol–water partition coefficient (Wildman–Crippen LogP) is 5.87. The fourth-order valence-corrected chi connectivity index (χ4v) is 3.86. The summed E-state index contributed by atoms with van der Waals surface area (Å²) in [5, 5.41) is 2.93. The van der Waals surface area contributed by atoms with Crippen LogP contribution in [0, 0.1) is 0 Å². The van der Waals surface area contributed by atoms with Crippen molar-refractivity contribution in [2.24, 2.45) is 0 Å². The number of hydrogen-bond donors (Lipinski definition) is 2. The Labute approximate surface area is 180 Å². The molecule has 0 heterocycles. The second-order valence-corrected chi connectivity index (χ2v) is 8.70. The van der Waals surface area contributed by atoms with Crippen LogP contribution in [-0.2, 0) is 18.6 Å². The molecule has 0 aromatic carbocycles. The minimum Gasteiger partial charge on any atom is -0.462 e. The van der Waals surface area contributed by atoms with Gasteiger partial charge in [-0.25, -0.2) is 0 Å². The maximum absolute atomic E-state index is 10.6. The Hall–Kier alpha value is -0.260. The van der Waals surface area contributed by atoms with Gasteiger partial charge in [-0.2, -0.15) is 0 Å². The minimum absolute atomic E-state index is 0.180. The first-order valence-corrected chi connectivity index (χ1v) is 12.9. The normalized spacial score (nSPS) is 13.3. The van der Waals surface area contributed by atoms with Gasteiger partial charge in [0, 0.05) is 6.54 Å². The van der Waals surface area contributed by atoms with Crippen molar-refractivity contribution < 1.29 is 23.5 Å². The van der Waals surface area contributed by atoms with Crippen LogP contribution in [0.25, 0.3) is 0 Å². The monoisotopic (exact) mass is 435 g/mol. The largest absolute Gasteiger partial charge is 0.462 e. The summed E-state index contributed by atoms with van der Waals surface area (Å²) in [4.78, 5) is 20.3. The fourth-order valence-electron chi connectivity index (χ4n) is 3.25. The molecule has 0 saturated carbocycles. The van der Waals surface area contributed by atoms with Gasteiger partial charge in [0.2, 0.25) is 0 Å². The average molecular weight is 436 g/mol. The molecule has 0 amide bonds. The lowest BCUT2D eigenvalue weighted by molar-refractivity contribution is -0.135. The van der Waals surface area contributed by atoms with Gasteiger partial charge >= 0.3 is 8.60 Å².